The van der Waals surface area contributed by atoms with Gasteiger partial charge in [0.15, 0.2) is 0 Å². The van der Waals surface area contributed by atoms with Crippen LogP contribution in [0.5, 0.6) is 0 Å². The zero-order valence-electron chi connectivity index (χ0n) is 11.3. The fourth-order valence-electron chi connectivity index (χ4n) is 2.55. The fraction of sp³-hybridized carbons (Fsp3) is 0.167. The number of benzene rings is 2. The van der Waals surface area contributed by atoms with E-state index in [9.17, 15) is 9.90 Å². The predicted octanol–water partition coefficient (Wildman–Crippen LogP) is 4.21. The molecular formula is C18H18O2. The van der Waals surface area contributed by atoms with Gasteiger partial charge in [0, 0.05) is 5.92 Å². The average molecular weight is 266 g/mol. The lowest BCUT2D eigenvalue weighted by Crippen LogP contribution is -2.20. The van der Waals surface area contributed by atoms with Crippen LogP contribution in [-0.2, 0) is 4.79 Å². The third-order valence-corrected chi connectivity index (χ3v) is 3.48. The van der Waals surface area contributed by atoms with E-state index in [0.29, 0.717) is 6.42 Å². The minimum absolute atomic E-state index is 0.103. The van der Waals surface area contributed by atoms with E-state index in [2.05, 4.69) is 6.58 Å². The minimum atomic E-state index is -0.799. The predicted molar refractivity (Wildman–Crippen MR) is 80.8 cm³/mol. The summed E-state index contributed by atoms with van der Waals surface area (Å²) in [6, 6.07) is 19.2. The Morgan fingerprint density at radius 2 is 1.50 bits per heavy atom. The number of rotatable bonds is 6. The summed E-state index contributed by atoms with van der Waals surface area (Å²) in [6.07, 6.45) is 2.42. The van der Waals surface area contributed by atoms with Gasteiger partial charge in [0.1, 0.15) is 0 Å². The number of carboxylic acid groups (broad SMARTS) is 1. The molecule has 0 radical (unpaired) electrons. The van der Waals surface area contributed by atoms with Gasteiger partial charge in [-0.15, -0.1) is 6.58 Å². The van der Waals surface area contributed by atoms with Gasteiger partial charge < -0.3 is 5.11 Å². The van der Waals surface area contributed by atoms with Crippen molar-refractivity contribution in [2.75, 3.05) is 0 Å². The van der Waals surface area contributed by atoms with Crippen LogP contribution in [0.3, 0.4) is 0 Å². The van der Waals surface area contributed by atoms with Crippen molar-refractivity contribution in [1.82, 2.24) is 0 Å². The Bertz CT molecular complexity index is 560. The highest BCUT2D eigenvalue weighted by molar-refractivity contribution is 5.77. The molecule has 0 amide bonds. The quantitative estimate of drug-likeness (QED) is 0.795. The smallest absolute Gasteiger partial charge is 0.311 e. The summed E-state index contributed by atoms with van der Waals surface area (Å²) in [5.74, 6) is -1.46. The van der Waals surface area contributed by atoms with Crippen molar-refractivity contribution in [3.8, 4) is 0 Å². The molecule has 0 bridgehead atoms. The van der Waals surface area contributed by atoms with Gasteiger partial charge in [0.25, 0.3) is 0 Å². The summed E-state index contributed by atoms with van der Waals surface area (Å²) in [5, 5.41) is 9.65. The van der Waals surface area contributed by atoms with E-state index in [0.717, 1.165) is 11.1 Å². The van der Waals surface area contributed by atoms with E-state index < -0.39 is 11.9 Å². The van der Waals surface area contributed by atoms with Crippen molar-refractivity contribution < 1.29 is 9.90 Å². The summed E-state index contributed by atoms with van der Waals surface area (Å²) < 4.78 is 0. The molecule has 0 aliphatic carbocycles. The third kappa shape index (κ3) is 3.15. The monoisotopic (exact) mass is 266 g/mol. The van der Waals surface area contributed by atoms with Crippen LogP contribution in [0.1, 0.15) is 29.4 Å². The lowest BCUT2D eigenvalue weighted by atomic mass is 9.79. The van der Waals surface area contributed by atoms with Crippen LogP contribution in [0.2, 0.25) is 0 Å². The maximum absolute atomic E-state index is 11.8. The van der Waals surface area contributed by atoms with Crippen LogP contribution in [0.25, 0.3) is 0 Å². The van der Waals surface area contributed by atoms with E-state index in [-0.39, 0.29) is 5.92 Å². The maximum atomic E-state index is 11.8. The number of carbonyl (C=O) groups is 1. The second-order valence-corrected chi connectivity index (χ2v) is 4.77. The summed E-state index contributed by atoms with van der Waals surface area (Å²) in [7, 11) is 0. The molecule has 0 spiro atoms. The van der Waals surface area contributed by atoms with Gasteiger partial charge in [0.05, 0.1) is 5.92 Å². The van der Waals surface area contributed by atoms with Crippen molar-refractivity contribution in [3.05, 3.63) is 84.4 Å². The number of carboxylic acids is 1. The highest BCUT2D eigenvalue weighted by Gasteiger charge is 2.29. The first-order valence-corrected chi connectivity index (χ1v) is 6.67. The van der Waals surface area contributed by atoms with Crippen molar-refractivity contribution in [1.29, 1.82) is 0 Å². The molecular weight excluding hydrogens is 248 g/mol. The molecule has 0 saturated carbocycles. The Labute approximate surface area is 119 Å². The Morgan fingerprint density at radius 1 is 1.00 bits per heavy atom. The molecule has 2 rings (SSSR count). The highest BCUT2D eigenvalue weighted by atomic mass is 16.4. The average Bonchev–Trinajstić information content (AvgIpc) is 2.48. The lowest BCUT2D eigenvalue weighted by Gasteiger charge is -2.24. The maximum Gasteiger partial charge on any atom is 0.311 e. The molecule has 1 N–H and O–H groups in total. The van der Waals surface area contributed by atoms with Crippen LogP contribution in [0.15, 0.2) is 73.3 Å². The van der Waals surface area contributed by atoms with E-state index in [1.807, 2.05) is 60.7 Å². The normalized spacial score (nSPS) is 13.4. The molecule has 0 aliphatic heterocycles. The van der Waals surface area contributed by atoms with Gasteiger partial charge in [0.2, 0.25) is 0 Å². The van der Waals surface area contributed by atoms with Crippen LogP contribution in [0, 0.1) is 0 Å². The largest absolute Gasteiger partial charge is 0.481 e. The molecule has 2 aromatic rings. The molecule has 2 unspecified atom stereocenters. The first-order chi connectivity index (χ1) is 9.74. The molecule has 2 atom stereocenters. The van der Waals surface area contributed by atoms with Crippen LogP contribution in [0.4, 0.5) is 0 Å². The lowest BCUT2D eigenvalue weighted by molar-refractivity contribution is -0.139. The van der Waals surface area contributed by atoms with E-state index in [1.54, 1.807) is 6.08 Å². The first kappa shape index (κ1) is 14.1. The summed E-state index contributed by atoms with van der Waals surface area (Å²) in [5.41, 5.74) is 1.86. The van der Waals surface area contributed by atoms with Gasteiger partial charge in [-0.2, -0.15) is 0 Å². The second kappa shape index (κ2) is 6.71. The molecule has 0 saturated heterocycles. The highest BCUT2D eigenvalue weighted by Crippen LogP contribution is 2.36. The van der Waals surface area contributed by atoms with Crippen LogP contribution < -0.4 is 0 Å². The number of aliphatic carboxylic acids is 1. The standard InChI is InChI=1S/C18H18O2/c1-2-9-16(14-10-5-3-6-11-14)17(18(19)20)15-12-7-4-8-13-15/h2-8,10-13,16-17H,1,9H2,(H,19,20). The van der Waals surface area contributed by atoms with Crippen LogP contribution in [-0.4, -0.2) is 11.1 Å². The van der Waals surface area contributed by atoms with Crippen LogP contribution >= 0.6 is 0 Å². The molecule has 102 valence electrons. The van der Waals surface area contributed by atoms with Gasteiger partial charge in [-0.3, -0.25) is 4.79 Å². The number of hydrogen-bond acceptors (Lipinski definition) is 1. The Kier molecular flexibility index (Phi) is 4.72. The molecule has 0 aromatic heterocycles. The first-order valence-electron chi connectivity index (χ1n) is 6.67. The Morgan fingerprint density at radius 3 is 1.95 bits per heavy atom. The topological polar surface area (TPSA) is 37.3 Å². The SMILES string of the molecule is C=CCC(c1ccccc1)C(C(=O)O)c1ccccc1. The molecule has 0 heterocycles. The number of allylic oxidation sites excluding steroid dienone is 1. The Balaban J connectivity index is 2.44. The summed E-state index contributed by atoms with van der Waals surface area (Å²) >= 11 is 0. The van der Waals surface area contributed by atoms with E-state index in [1.165, 1.54) is 0 Å². The van der Waals surface area contributed by atoms with E-state index in [4.69, 9.17) is 0 Å². The molecule has 2 heteroatoms. The second-order valence-electron chi connectivity index (χ2n) is 4.77. The number of hydrogen-bond donors (Lipinski definition) is 1. The molecule has 0 aliphatic rings. The third-order valence-electron chi connectivity index (χ3n) is 3.48. The molecule has 0 fully saturated rings. The zero-order chi connectivity index (χ0) is 14.4. The van der Waals surface area contributed by atoms with Gasteiger partial charge in [-0.1, -0.05) is 66.7 Å². The zero-order valence-corrected chi connectivity index (χ0v) is 11.3. The fourth-order valence-corrected chi connectivity index (χ4v) is 2.55. The van der Waals surface area contributed by atoms with E-state index >= 15 is 0 Å². The summed E-state index contributed by atoms with van der Waals surface area (Å²) in [4.78, 5) is 11.8. The van der Waals surface area contributed by atoms with Crippen molar-refractivity contribution in [2.45, 2.75) is 18.3 Å². The van der Waals surface area contributed by atoms with Crippen molar-refractivity contribution in [3.63, 3.8) is 0 Å². The Hall–Kier alpha value is -2.35. The van der Waals surface area contributed by atoms with Gasteiger partial charge in [-0.25, -0.2) is 0 Å². The molecule has 2 aromatic carbocycles. The summed E-state index contributed by atoms with van der Waals surface area (Å²) in [6.45, 7) is 3.77. The van der Waals surface area contributed by atoms with Gasteiger partial charge >= 0.3 is 5.97 Å². The molecule has 20 heavy (non-hydrogen) atoms. The minimum Gasteiger partial charge on any atom is -0.481 e. The molecule has 2 nitrogen and oxygen atoms in total. The van der Waals surface area contributed by atoms with Gasteiger partial charge in [-0.05, 0) is 17.5 Å². The van der Waals surface area contributed by atoms with Crippen molar-refractivity contribution in [2.24, 2.45) is 0 Å². The van der Waals surface area contributed by atoms with Crippen molar-refractivity contribution >= 4 is 5.97 Å².